The summed E-state index contributed by atoms with van der Waals surface area (Å²) in [5.74, 6) is -0.333. The van der Waals surface area contributed by atoms with E-state index >= 15 is 0 Å². The van der Waals surface area contributed by atoms with Crippen molar-refractivity contribution < 1.29 is 14.3 Å². The number of hydrogen-bond donors (Lipinski definition) is 3. The van der Waals surface area contributed by atoms with E-state index in [2.05, 4.69) is 25.6 Å². The first kappa shape index (κ1) is 18.9. The molecule has 0 aromatic carbocycles. The molecule has 0 bridgehead atoms. The number of nitrogens with zero attached hydrogens (tertiary/aromatic N) is 5. The molecule has 11 nitrogen and oxygen atoms in total. The van der Waals surface area contributed by atoms with E-state index < -0.39 is 23.6 Å². The van der Waals surface area contributed by atoms with Crippen molar-refractivity contribution >= 4 is 29.0 Å². The van der Waals surface area contributed by atoms with Crippen molar-refractivity contribution in [2.75, 3.05) is 12.3 Å². The number of fused-ring (bicyclic) bond motifs is 1. The number of aromatic nitrogens is 4. The minimum absolute atomic E-state index is 0.0173. The number of nitrogens with two attached hydrogens (primary N) is 1. The van der Waals surface area contributed by atoms with Crippen LogP contribution in [0.1, 0.15) is 20.8 Å². The number of rotatable bonds is 5. The SMILES string of the molecule is CC(C)(C)OC(=O)NC(Cn1cnc2c(N)ncnc21)C(=O)NCC#N. The molecular weight excluding hydrogens is 340 g/mol. The lowest BCUT2D eigenvalue weighted by Crippen LogP contribution is -2.50. The lowest BCUT2D eigenvalue weighted by Gasteiger charge is -2.23. The largest absolute Gasteiger partial charge is 0.444 e. The quantitative estimate of drug-likeness (QED) is 0.625. The molecule has 2 aromatic heterocycles. The Bertz CT molecular complexity index is 849. The Hall–Kier alpha value is -3.42. The molecule has 0 aliphatic heterocycles. The van der Waals surface area contributed by atoms with Crippen LogP contribution in [0.15, 0.2) is 12.7 Å². The summed E-state index contributed by atoms with van der Waals surface area (Å²) in [5, 5.41) is 13.5. The van der Waals surface area contributed by atoms with Gasteiger partial charge in [-0.3, -0.25) is 4.79 Å². The van der Waals surface area contributed by atoms with E-state index in [4.69, 9.17) is 15.7 Å². The van der Waals surface area contributed by atoms with E-state index in [1.165, 1.54) is 12.7 Å². The average molecular weight is 360 g/mol. The summed E-state index contributed by atoms with van der Waals surface area (Å²) in [6.45, 7) is 4.95. The van der Waals surface area contributed by atoms with Gasteiger partial charge in [-0.1, -0.05) is 0 Å². The molecule has 0 radical (unpaired) electrons. The second kappa shape index (κ2) is 7.64. The molecule has 1 unspecified atom stereocenters. The minimum atomic E-state index is -1.01. The summed E-state index contributed by atoms with van der Waals surface area (Å²) in [7, 11) is 0. The Kier molecular flexibility index (Phi) is 5.56. The van der Waals surface area contributed by atoms with Crippen molar-refractivity contribution in [3.05, 3.63) is 12.7 Å². The van der Waals surface area contributed by atoms with Gasteiger partial charge >= 0.3 is 6.09 Å². The molecule has 0 saturated carbocycles. The smallest absolute Gasteiger partial charge is 0.408 e. The van der Waals surface area contributed by atoms with Gasteiger partial charge in [-0.25, -0.2) is 19.7 Å². The van der Waals surface area contributed by atoms with Crippen LogP contribution >= 0.6 is 0 Å². The number of imidazole rings is 1. The van der Waals surface area contributed by atoms with Crippen molar-refractivity contribution in [3.63, 3.8) is 0 Å². The molecule has 11 heteroatoms. The fourth-order valence-corrected chi connectivity index (χ4v) is 2.12. The zero-order chi connectivity index (χ0) is 19.3. The zero-order valence-electron chi connectivity index (χ0n) is 14.7. The molecule has 2 amide bonds. The van der Waals surface area contributed by atoms with Crippen molar-refractivity contribution in [1.29, 1.82) is 5.26 Å². The van der Waals surface area contributed by atoms with E-state index in [-0.39, 0.29) is 18.9 Å². The third kappa shape index (κ3) is 4.79. The third-order valence-corrected chi connectivity index (χ3v) is 3.16. The average Bonchev–Trinajstić information content (AvgIpc) is 2.94. The van der Waals surface area contributed by atoms with E-state index in [1.54, 1.807) is 25.3 Å². The van der Waals surface area contributed by atoms with Gasteiger partial charge in [0.05, 0.1) is 18.9 Å². The molecule has 4 N–H and O–H groups in total. The number of alkyl carbamates (subject to hydrolysis) is 1. The highest BCUT2D eigenvalue weighted by Crippen LogP contribution is 2.14. The Balaban J connectivity index is 2.22. The molecule has 2 rings (SSSR count). The summed E-state index contributed by atoms with van der Waals surface area (Å²) in [5.41, 5.74) is 5.83. The molecule has 0 saturated heterocycles. The maximum Gasteiger partial charge on any atom is 0.408 e. The summed E-state index contributed by atoms with van der Waals surface area (Å²) in [4.78, 5) is 36.4. The van der Waals surface area contributed by atoms with Gasteiger partial charge in [0.15, 0.2) is 11.5 Å². The first-order valence-corrected chi connectivity index (χ1v) is 7.76. The van der Waals surface area contributed by atoms with Crippen molar-refractivity contribution in [2.45, 2.75) is 39.0 Å². The van der Waals surface area contributed by atoms with Crippen LogP contribution in [0.25, 0.3) is 11.2 Å². The monoisotopic (exact) mass is 360 g/mol. The number of nitrogens with one attached hydrogen (secondary N) is 2. The van der Waals surface area contributed by atoms with E-state index in [0.29, 0.717) is 11.2 Å². The fourth-order valence-electron chi connectivity index (χ4n) is 2.12. The van der Waals surface area contributed by atoms with Gasteiger partial charge in [0, 0.05) is 0 Å². The second-order valence-electron chi connectivity index (χ2n) is 6.40. The van der Waals surface area contributed by atoms with Gasteiger partial charge in [-0.05, 0) is 20.8 Å². The first-order valence-electron chi connectivity index (χ1n) is 7.76. The summed E-state index contributed by atoms with van der Waals surface area (Å²) >= 11 is 0. The molecule has 0 spiro atoms. The van der Waals surface area contributed by atoms with Gasteiger partial charge in [0.25, 0.3) is 0 Å². The normalized spacial score (nSPS) is 12.2. The Morgan fingerprint density at radius 3 is 2.77 bits per heavy atom. The van der Waals surface area contributed by atoms with Gasteiger partial charge < -0.3 is 25.7 Å². The summed E-state index contributed by atoms with van der Waals surface area (Å²) < 4.78 is 6.74. The van der Waals surface area contributed by atoms with Crippen LogP contribution < -0.4 is 16.4 Å². The number of hydrogen-bond acceptors (Lipinski definition) is 8. The topological polar surface area (TPSA) is 161 Å². The predicted molar refractivity (Wildman–Crippen MR) is 91.5 cm³/mol. The Morgan fingerprint density at radius 2 is 2.12 bits per heavy atom. The number of nitrogen functional groups attached to an aromatic ring is 1. The molecule has 0 aliphatic carbocycles. The predicted octanol–water partition coefficient (Wildman–Crippen LogP) is -0.0584. The van der Waals surface area contributed by atoms with Crippen LogP contribution in [-0.2, 0) is 16.1 Å². The summed E-state index contributed by atoms with van der Waals surface area (Å²) in [6.07, 6.45) is 1.96. The van der Waals surface area contributed by atoms with Crippen LogP contribution in [0.3, 0.4) is 0 Å². The van der Waals surface area contributed by atoms with Gasteiger partial charge in [0.1, 0.15) is 30.0 Å². The van der Waals surface area contributed by atoms with Gasteiger partial charge in [0.2, 0.25) is 5.91 Å². The Labute approximate surface area is 149 Å². The summed E-state index contributed by atoms with van der Waals surface area (Å²) in [6, 6.07) is 0.801. The molecule has 0 aliphatic rings. The third-order valence-electron chi connectivity index (χ3n) is 3.16. The molecule has 138 valence electrons. The van der Waals surface area contributed by atoms with Crippen molar-refractivity contribution in [3.8, 4) is 6.07 Å². The van der Waals surface area contributed by atoms with Crippen LogP contribution in [0.5, 0.6) is 0 Å². The molecule has 1 atom stereocenters. The first-order chi connectivity index (χ1) is 12.2. The highest BCUT2D eigenvalue weighted by Gasteiger charge is 2.25. The number of carbonyl (C=O) groups excluding carboxylic acids is 2. The van der Waals surface area contributed by atoms with Gasteiger partial charge in [-0.15, -0.1) is 0 Å². The lowest BCUT2D eigenvalue weighted by atomic mass is 10.2. The van der Waals surface area contributed by atoms with E-state index in [0.717, 1.165) is 0 Å². The minimum Gasteiger partial charge on any atom is -0.444 e. The molecule has 0 fully saturated rings. The zero-order valence-corrected chi connectivity index (χ0v) is 14.7. The molecule has 2 heterocycles. The van der Waals surface area contributed by atoms with Crippen LogP contribution in [0, 0.1) is 11.3 Å². The highest BCUT2D eigenvalue weighted by molar-refractivity contribution is 5.86. The number of amides is 2. The van der Waals surface area contributed by atoms with E-state index in [1.807, 2.05) is 6.07 Å². The van der Waals surface area contributed by atoms with Gasteiger partial charge in [-0.2, -0.15) is 5.26 Å². The van der Waals surface area contributed by atoms with Crippen molar-refractivity contribution in [2.24, 2.45) is 0 Å². The molecular formula is C15H20N8O3. The van der Waals surface area contributed by atoms with Crippen molar-refractivity contribution in [1.82, 2.24) is 30.2 Å². The number of carbonyl (C=O) groups is 2. The maximum atomic E-state index is 12.3. The lowest BCUT2D eigenvalue weighted by molar-refractivity contribution is -0.123. The highest BCUT2D eigenvalue weighted by atomic mass is 16.6. The second-order valence-corrected chi connectivity index (χ2v) is 6.40. The Morgan fingerprint density at radius 1 is 1.38 bits per heavy atom. The molecule has 26 heavy (non-hydrogen) atoms. The number of ether oxygens (including phenoxy) is 1. The van der Waals surface area contributed by atoms with Crippen LogP contribution in [-0.4, -0.2) is 49.7 Å². The van der Waals surface area contributed by atoms with E-state index in [9.17, 15) is 9.59 Å². The van der Waals surface area contributed by atoms with Crippen LogP contribution in [0.2, 0.25) is 0 Å². The maximum absolute atomic E-state index is 12.3. The number of anilines is 1. The standard InChI is InChI=1S/C15H20N8O3/c1-15(2,3)26-14(25)22-9(13(24)18-5-4-16)6-23-8-21-10-11(17)19-7-20-12(10)23/h7-9H,5-6H2,1-3H3,(H,18,24)(H,22,25)(H2,17,19,20). The number of nitriles is 1. The molecule has 2 aromatic rings. The van der Waals surface area contributed by atoms with Crippen LogP contribution in [0.4, 0.5) is 10.6 Å². The fraction of sp³-hybridized carbons (Fsp3) is 0.467.